The van der Waals surface area contributed by atoms with Gasteiger partial charge in [0.1, 0.15) is 6.04 Å². The number of carbonyl (C=O) groups is 3. The molecule has 0 aliphatic carbocycles. The number of benzene rings is 1. The predicted octanol–water partition coefficient (Wildman–Crippen LogP) is 1.30. The molecule has 1 unspecified atom stereocenters. The normalized spacial score (nSPS) is 21.2. The second-order valence-corrected chi connectivity index (χ2v) is 8.29. The lowest BCUT2D eigenvalue weighted by molar-refractivity contribution is -0.123. The number of ketones is 1. The van der Waals surface area contributed by atoms with Crippen LogP contribution in [0.15, 0.2) is 47.0 Å². The summed E-state index contributed by atoms with van der Waals surface area (Å²) in [6.45, 7) is 3.09. The zero-order valence-electron chi connectivity index (χ0n) is 16.4. The van der Waals surface area contributed by atoms with Crippen molar-refractivity contribution in [3.63, 3.8) is 0 Å². The number of unbranched alkanes of at least 4 members (excludes halogenated alkanes) is 1. The van der Waals surface area contributed by atoms with Crippen LogP contribution in [0.4, 0.5) is 0 Å². The van der Waals surface area contributed by atoms with E-state index in [1.54, 1.807) is 36.5 Å². The van der Waals surface area contributed by atoms with E-state index in [4.69, 9.17) is 11.5 Å². The highest BCUT2D eigenvalue weighted by Crippen LogP contribution is 2.35. The van der Waals surface area contributed by atoms with Gasteiger partial charge in [-0.05, 0) is 30.2 Å². The number of primary amides is 1. The van der Waals surface area contributed by atoms with Gasteiger partial charge in [0.25, 0.3) is 5.91 Å². The zero-order valence-corrected chi connectivity index (χ0v) is 17.2. The number of carbonyl (C=O) groups excluding carboxylic acids is 3. The largest absolute Gasteiger partial charge is 0.366 e. The molecule has 2 atom stereocenters. The van der Waals surface area contributed by atoms with Crippen LogP contribution in [0.5, 0.6) is 0 Å². The third-order valence-electron chi connectivity index (χ3n) is 4.95. The van der Waals surface area contributed by atoms with Crippen LogP contribution < -0.4 is 16.8 Å². The monoisotopic (exact) mass is 414 g/mol. The molecule has 2 amide bonds. The molecule has 7 nitrogen and oxygen atoms in total. The maximum atomic E-state index is 12.8. The van der Waals surface area contributed by atoms with Gasteiger partial charge in [0.15, 0.2) is 5.78 Å². The van der Waals surface area contributed by atoms with E-state index in [0.717, 1.165) is 23.3 Å². The first kappa shape index (κ1) is 21.1. The number of nitrogens with one attached hydrogen (secondary N) is 1. The van der Waals surface area contributed by atoms with E-state index >= 15 is 0 Å². The van der Waals surface area contributed by atoms with E-state index in [1.165, 1.54) is 11.8 Å². The van der Waals surface area contributed by atoms with Gasteiger partial charge in [-0.15, -0.1) is 11.8 Å². The Hall–Kier alpha value is -2.58. The molecule has 1 fully saturated rings. The van der Waals surface area contributed by atoms with Gasteiger partial charge in [-0.3, -0.25) is 14.4 Å². The second kappa shape index (κ2) is 9.28. The molecule has 0 spiro atoms. The molecule has 154 valence electrons. The van der Waals surface area contributed by atoms with E-state index in [2.05, 4.69) is 12.2 Å². The highest BCUT2D eigenvalue weighted by molar-refractivity contribution is 8.03. The average Bonchev–Trinajstić information content (AvgIpc) is 2.71. The van der Waals surface area contributed by atoms with Gasteiger partial charge >= 0.3 is 0 Å². The summed E-state index contributed by atoms with van der Waals surface area (Å²) >= 11 is 1.52. The number of hydrogen-bond donors (Lipinski definition) is 3. The van der Waals surface area contributed by atoms with Crippen molar-refractivity contribution < 1.29 is 14.4 Å². The third kappa shape index (κ3) is 4.89. The van der Waals surface area contributed by atoms with E-state index in [9.17, 15) is 14.4 Å². The quantitative estimate of drug-likeness (QED) is 0.579. The molecule has 0 radical (unpaired) electrons. The summed E-state index contributed by atoms with van der Waals surface area (Å²) in [5.41, 5.74) is 13.1. The molecule has 1 saturated heterocycles. The smallest absolute Gasteiger partial charge is 0.252 e. The molecule has 8 heteroatoms. The number of fused-ring (bicyclic) bond motifs is 1. The van der Waals surface area contributed by atoms with Crippen LogP contribution in [-0.2, 0) is 16.1 Å². The predicted molar refractivity (Wildman–Crippen MR) is 114 cm³/mol. The van der Waals surface area contributed by atoms with Gasteiger partial charge < -0.3 is 21.7 Å². The number of amides is 2. The second-order valence-electron chi connectivity index (χ2n) is 7.20. The number of thioether (sulfide) groups is 1. The van der Waals surface area contributed by atoms with Crippen LogP contribution in [0.2, 0.25) is 0 Å². The van der Waals surface area contributed by atoms with Crippen molar-refractivity contribution in [3.05, 3.63) is 58.1 Å². The topological polar surface area (TPSA) is 119 Å². The molecule has 0 saturated carbocycles. The molecule has 5 N–H and O–H groups in total. The standard InChI is InChI=1S/C21H26N4O3S/c1-2-3-8-24-21(28)15-9-17-18(19(26)16(22)12-29-17)25(11-15)10-13-4-6-14(7-5-13)20(23)27/h4-7,9,11,16,18H,2-3,8,10,12,22H2,1H3,(H2,23,27)(H,24,28)/t16-,18?/m0/s1. The average molecular weight is 415 g/mol. The van der Waals surface area contributed by atoms with E-state index in [0.29, 0.717) is 30.0 Å². The SMILES string of the molecule is CCCCNC(=O)C1=CN(Cc2ccc(C(N)=O)cc2)C2C(=O)[C@@H](N)CSC2=C1. The zero-order chi connectivity index (χ0) is 21.0. The van der Waals surface area contributed by atoms with Crippen LogP contribution in [0.25, 0.3) is 0 Å². The molecule has 0 aromatic heterocycles. The number of nitrogens with two attached hydrogens (primary N) is 2. The van der Waals surface area contributed by atoms with Crippen molar-refractivity contribution in [3.8, 4) is 0 Å². The molecule has 1 aromatic carbocycles. The fourth-order valence-electron chi connectivity index (χ4n) is 3.31. The van der Waals surface area contributed by atoms with Gasteiger partial charge in [-0.2, -0.15) is 0 Å². The fraction of sp³-hybridized carbons (Fsp3) is 0.381. The van der Waals surface area contributed by atoms with Crippen LogP contribution in [0, 0.1) is 0 Å². The number of Topliss-reactive ketones (excluding diaryl/α,β-unsaturated/α-hetero) is 1. The van der Waals surface area contributed by atoms with Crippen molar-refractivity contribution in [2.24, 2.45) is 11.5 Å². The van der Waals surface area contributed by atoms with Crippen molar-refractivity contribution >= 4 is 29.4 Å². The van der Waals surface area contributed by atoms with Crippen molar-refractivity contribution in [2.75, 3.05) is 12.3 Å². The Morgan fingerprint density at radius 1 is 1.28 bits per heavy atom. The van der Waals surface area contributed by atoms with Crippen LogP contribution >= 0.6 is 11.8 Å². The summed E-state index contributed by atoms with van der Waals surface area (Å²) in [6.07, 6.45) is 5.44. The molecule has 2 aliphatic heterocycles. The van der Waals surface area contributed by atoms with Gasteiger partial charge in [0, 0.05) is 35.5 Å². The lowest BCUT2D eigenvalue weighted by atomic mass is 9.98. The third-order valence-corrected chi connectivity index (χ3v) is 6.15. The minimum atomic E-state index is -0.532. The molecule has 0 bridgehead atoms. The summed E-state index contributed by atoms with van der Waals surface area (Å²) in [4.78, 5) is 39.4. The first-order valence-electron chi connectivity index (χ1n) is 9.69. The Labute approximate surface area is 174 Å². The number of rotatable bonds is 7. The van der Waals surface area contributed by atoms with Crippen molar-refractivity contribution in [1.29, 1.82) is 0 Å². The van der Waals surface area contributed by atoms with Crippen LogP contribution in [0.3, 0.4) is 0 Å². The number of nitrogens with zero attached hydrogens (tertiary/aromatic N) is 1. The fourth-order valence-corrected chi connectivity index (χ4v) is 4.46. The van der Waals surface area contributed by atoms with Gasteiger partial charge in [-0.25, -0.2) is 0 Å². The number of hydrogen-bond acceptors (Lipinski definition) is 6. The lowest BCUT2D eigenvalue weighted by Crippen LogP contribution is -2.52. The molecule has 1 aromatic rings. The highest BCUT2D eigenvalue weighted by Gasteiger charge is 2.39. The van der Waals surface area contributed by atoms with Gasteiger partial charge in [0.2, 0.25) is 5.91 Å². The molecule has 29 heavy (non-hydrogen) atoms. The van der Waals surface area contributed by atoms with Crippen LogP contribution in [-0.4, -0.2) is 46.9 Å². The van der Waals surface area contributed by atoms with Crippen molar-refractivity contribution in [2.45, 2.75) is 38.4 Å². The van der Waals surface area contributed by atoms with E-state index in [-0.39, 0.29) is 11.7 Å². The summed E-state index contributed by atoms with van der Waals surface area (Å²) in [6, 6.07) is 5.88. The molecular formula is C21H26N4O3S. The Balaban J connectivity index is 1.85. The van der Waals surface area contributed by atoms with Gasteiger partial charge in [-0.1, -0.05) is 25.5 Å². The molecule has 3 rings (SSSR count). The molecular weight excluding hydrogens is 388 g/mol. The molecule has 2 aliphatic rings. The Kier molecular flexibility index (Phi) is 6.76. The molecule has 2 heterocycles. The Morgan fingerprint density at radius 3 is 2.66 bits per heavy atom. The Morgan fingerprint density at radius 2 is 2.00 bits per heavy atom. The van der Waals surface area contributed by atoms with Crippen LogP contribution in [0.1, 0.15) is 35.7 Å². The minimum Gasteiger partial charge on any atom is -0.366 e. The summed E-state index contributed by atoms with van der Waals surface area (Å²) < 4.78 is 0. The summed E-state index contributed by atoms with van der Waals surface area (Å²) in [5.74, 6) is -0.185. The van der Waals surface area contributed by atoms with Gasteiger partial charge in [0.05, 0.1) is 11.6 Å². The first-order chi connectivity index (χ1) is 13.9. The maximum Gasteiger partial charge on any atom is 0.252 e. The van der Waals surface area contributed by atoms with E-state index < -0.39 is 18.0 Å². The Bertz CT molecular complexity index is 863. The van der Waals surface area contributed by atoms with Crippen molar-refractivity contribution in [1.82, 2.24) is 10.2 Å². The maximum absolute atomic E-state index is 12.8. The highest BCUT2D eigenvalue weighted by atomic mass is 32.2. The summed E-state index contributed by atoms with van der Waals surface area (Å²) in [7, 11) is 0. The summed E-state index contributed by atoms with van der Waals surface area (Å²) in [5, 5.41) is 2.92. The minimum absolute atomic E-state index is 0.0505. The lowest BCUT2D eigenvalue weighted by Gasteiger charge is -2.39. The van der Waals surface area contributed by atoms with E-state index in [1.807, 2.05) is 4.90 Å². The first-order valence-corrected chi connectivity index (χ1v) is 10.7.